The average Bonchev–Trinajstić information content (AvgIpc) is 2.40. The van der Waals surface area contributed by atoms with Crippen molar-refractivity contribution in [1.82, 2.24) is 0 Å². The van der Waals surface area contributed by atoms with E-state index in [0.717, 1.165) is 19.3 Å². The molecular weight excluding hydrogens is 264 g/mol. The Morgan fingerprint density at radius 3 is 1.79 bits per heavy atom. The van der Waals surface area contributed by atoms with Crippen molar-refractivity contribution in [3.63, 3.8) is 0 Å². The number of thiol groups is 1. The average molecular weight is 290 g/mol. The molecule has 0 spiro atoms. The van der Waals surface area contributed by atoms with Gasteiger partial charge >= 0.3 is 11.9 Å². The lowest BCUT2D eigenvalue weighted by Gasteiger charge is -2.30. The van der Waals surface area contributed by atoms with Gasteiger partial charge in [0.1, 0.15) is 13.2 Å². The lowest BCUT2D eigenvalue weighted by atomic mass is 9.84. The van der Waals surface area contributed by atoms with Gasteiger partial charge in [0.25, 0.3) is 0 Å². The third-order valence-electron chi connectivity index (χ3n) is 3.35. The van der Waals surface area contributed by atoms with E-state index < -0.39 is 0 Å². The highest BCUT2D eigenvalue weighted by Crippen LogP contribution is 2.27. The van der Waals surface area contributed by atoms with E-state index in [1.54, 1.807) is 0 Å². The molecule has 0 N–H and O–H groups in total. The molecule has 0 unspecified atom stereocenters. The number of hydrogen-bond acceptors (Lipinski definition) is 5. The smallest absolute Gasteiger partial charge is 0.306 e. The standard InChI is InChI=1S/C14H26O4S/c1-4-7-12(15)17-10-14(5-2,6-3)11-18-13(16)8-9-19/h19H,4-11H2,1-3H3. The van der Waals surface area contributed by atoms with Gasteiger partial charge in [0, 0.05) is 17.6 Å². The van der Waals surface area contributed by atoms with Crippen LogP contribution in [0.15, 0.2) is 0 Å². The summed E-state index contributed by atoms with van der Waals surface area (Å²) in [5, 5.41) is 0. The fourth-order valence-electron chi connectivity index (χ4n) is 1.61. The second-order valence-electron chi connectivity index (χ2n) is 4.75. The lowest BCUT2D eigenvalue weighted by Crippen LogP contribution is -2.33. The van der Waals surface area contributed by atoms with Crippen LogP contribution in [0.1, 0.15) is 52.9 Å². The summed E-state index contributed by atoms with van der Waals surface area (Å²) in [7, 11) is 0. The molecule has 0 bridgehead atoms. The summed E-state index contributed by atoms with van der Waals surface area (Å²) in [6.45, 7) is 6.58. The zero-order valence-electron chi connectivity index (χ0n) is 12.2. The highest BCUT2D eigenvalue weighted by atomic mass is 32.1. The number of rotatable bonds is 10. The van der Waals surface area contributed by atoms with Crippen molar-refractivity contribution in [2.75, 3.05) is 19.0 Å². The molecule has 19 heavy (non-hydrogen) atoms. The number of esters is 2. The predicted molar refractivity (Wildman–Crippen MR) is 78.3 cm³/mol. The van der Waals surface area contributed by atoms with Crippen LogP contribution in [0.5, 0.6) is 0 Å². The number of ether oxygens (including phenoxy) is 2. The number of carbonyl (C=O) groups excluding carboxylic acids is 2. The van der Waals surface area contributed by atoms with Gasteiger partial charge in [0.15, 0.2) is 0 Å². The van der Waals surface area contributed by atoms with E-state index in [-0.39, 0.29) is 17.4 Å². The lowest BCUT2D eigenvalue weighted by molar-refractivity contribution is -0.154. The second kappa shape index (κ2) is 10.1. The van der Waals surface area contributed by atoms with Crippen LogP contribution < -0.4 is 0 Å². The summed E-state index contributed by atoms with van der Waals surface area (Å²) >= 11 is 3.99. The maximum atomic E-state index is 11.4. The maximum absolute atomic E-state index is 11.4. The fourth-order valence-corrected chi connectivity index (χ4v) is 1.79. The van der Waals surface area contributed by atoms with Gasteiger partial charge in [-0.05, 0) is 19.3 Å². The third-order valence-corrected chi connectivity index (χ3v) is 3.57. The first-order valence-electron chi connectivity index (χ1n) is 6.95. The van der Waals surface area contributed by atoms with Crippen LogP contribution in [0.4, 0.5) is 0 Å². The second-order valence-corrected chi connectivity index (χ2v) is 5.20. The Kier molecular flexibility index (Phi) is 9.74. The quantitative estimate of drug-likeness (QED) is 0.496. The zero-order chi connectivity index (χ0) is 14.7. The highest BCUT2D eigenvalue weighted by molar-refractivity contribution is 7.80. The van der Waals surface area contributed by atoms with Crippen LogP contribution in [0.3, 0.4) is 0 Å². The van der Waals surface area contributed by atoms with Crippen molar-refractivity contribution in [3.05, 3.63) is 0 Å². The monoisotopic (exact) mass is 290 g/mol. The molecule has 0 aromatic carbocycles. The molecule has 5 heteroatoms. The number of hydrogen-bond donors (Lipinski definition) is 1. The fraction of sp³-hybridized carbons (Fsp3) is 0.857. The Bertz CT molecular complexity index is 251. The Morgan fingerprint density at radius 2 is 1.42 bits per heavy atom. The van der Waals surface area contributed by atoms with Crippen molar-refractivity contribution in [2.24, 2.45) is 5.41 Å². The maximum Gasteiger partial charge on any atom is 0.306 e. The summed E-state index contributed by atoms with van der Waals surface area (Å²) in [6.07, 6.45) is 3.13. The molecule has 0 aliphatic rings. The molecule has 0 heterocycles. The van der Waals surface area contributed by atoms with E-state index in [0.29, 0.717) is 31.8 Å². The van der Waals surface area contributed by atoms with Crippen molar-refractivity contribution in [3.8, 4) is 0 Å². The van der Waals surface area contributed by atoms with Crippen LogP contribution in [-0.4, -0.2) is 30.9 Å². The van der Waals surface area contributed by atoms with Crippen molar-refractivity contribution in [1.29, 1.82) is 0 Å². The Labute approximate surface area is 121 Å². The highest BCUT2D eigenvalue weighted by Gasteiger charge is 2.30. The van der Waals surface area contributed by atoms with Crippen LogP contribution >= 0.6 is 12.6 Å². The molecular formula is C14H26O4S. The van der Waals surface area contributed by atoms with Crippen molar-refractivity contribution < 1.29 is 19.1 Å². The summed E-state index contributed by atoms with van der Waals surface area (Å²) in [5.41, 5.74) is -0.268. The van der Waals surface area contributed by atoms with Gasteiger partial charge in [-0.15, -0.1) is 0 Å². The normalized spacial score (nSPS) is 11.2. The largest absolute Gasteiger partial charge is 0.465 e. The first-order chi connectivity index (χ1) is 9.03. The van der Waals surface area contributed by atoms with Gasteiger partial charge in [0.2, 0.25) is 0 Å². The molecule has 0 fully saturated rings. The van der Waals surface area contributed by atoms with Gasteiger partial charge in [-0.25, -0.2) is 0 Å². The van der Waals surface area contributed by atoms with Crippen LogP contribution in [-0.2, 0) is 19.1 Å². The molecule has 0 rings (SSSR count). The first kappa shape index (κ1) is 18.3. The molecule has 0 aromatic rings. The molecule has 4 nitrogen and oxygen atoms in total. The van der Waals surface area contributed by atoms with Crippen molar-refractivity contribution >= 4 is 24.6 Å². The number of carbonyl (C=O) groups is 2. The molecule has 112 valence electrons. The van der Waals surface area contributed by atoms with E-state index in [2.05, 4.69) is 12.6 Å². The minimum atomic E-state index is -0.268. The third kappa shape index (κ3) is 7.45. The van der Waals surface area contributed by atoms with Crippen LogP contribution in [0.2, 0.25) is 0 Å². The van der Waals surface area contributed by atoms with Crippen LogP contribution in [0, 0.1) is 5.41 Å². The predicted octanol–water partition coefficient (Wildman–Crippen LogP) is 3.00. The first-order valence-corrected chi connectivity index (χ1v) is 7.59. The molecule has 0 aromatic heterocycles. The van der Waals surface area contributed by atoms with Gasteiger partial charge in [0.05, 0.1) is 6.42 Å². The minimum Gasteiger partial charge on any atom is -0.465 e. The van der Waals surface area contributed by atoms with E-state index in [9.17, 15) is 9.59 Å². The summed E-state index contributed by atoms with van der Waals surface area (Å²) < 4.78 is 10.5. The Balaban J connectivity index is 4.32. The summed E-state index contributed by atoms with van der Waals surface area (Å²) in [4.78, 5) is 22.8. The van der Waals surface area contributed by atoms with Gasteiger partial charge in [-0.1, -0.05) is 20.8 Å². The Morgan fingerprint density at radius 1 is 0.947 bits per heavy atom. The zero-order valence-corrected chi connectivity index (χ0v) is 13.1. The topological polar surface area (TPSA) is 52.6 Å². The van der Waals surface area contributed by atoms with E-state index >= 15 is 0 Å². The molecule has 0 saturated heterocycles. The van der Waals surface area contributed by atoms with Crippen LogP contribution in [0.25, 0.3) is 0 Å². The van der Waals surface area contributed by atoms with Crippen molar-refractivity contribution in [2.45, 2.75) is 52.9 Å². The van der Waals surface area contributed by atoms with E-state index in [4.69, 9.17) is 9.47 Å². The summed E-state index contributed by atoms with van der Waals surface area (Å²) in [5.74, 6) is 0.0480. The van der Waals surface area contributed by atoms with Gasteiger partial charge in [-0.3, -0.25) is 9.59 Å². The molecule has 0 saturated carbocycles. The van der Waals surface area contributed by atoms with E-state index in [1.165, 1.54) is 0 Å². The molecule has 0 aliphatic heterocycles. The SMILES string of the molecule is CCCC(=O)OCC(CC)(CC)COC(=O)CCS. The molecule has 0 amide bonds. The summed E-state index contributed by atoms with van der Waals surface area (Å²) in [6, 6.07) is 0. The Hall–Kier alpha value is -0.710. The van der Waals surface area contributed by atoms with Gasteiger partial charge in [-0.2, -0.15) is 12.6 Å². The van der Waals surface area contributed by atoms with E-state index in [1.807, 2.05) is 20.8 Å². The van der Waals surface area contributed by atoms with Gasteiger partial charge < -0.3 is 9.47 Å². The minimum absolute atomic E-state index is 0.185. The molecule has 0 radical (unpaired) electrons. The molecule has 0 aliphatic carbocycles. The molecule has 0 atom stereocenters.